The molecule has 1 aromatic heterocycles. The molecule has 1 unspecified atom stereocenters. The van der Waals surface area contributed by atoms with Crippen LogP contribution in [0.1, 0.15) is 56.6 Å². The van der Waals surface area contributed by atoms with Crippen LogP contribution in [-0.4, -0.2) is 25.3 Å². The van der Waals surface area contributed by atoms with E-state index in [0.717, 1.165) is 37.3 Å². The third-order valence-electron chi connectivity index (χ3n) is 4.72. The highest BCUT2D eigenvalue weighted by atomic mass is 35.5. The molecular weight excluding hydrogens is 419 g/mol. The lowest BCUT2D eigenvalue weighted by Crippen LogP contribution is -2.07. The first-order valence-electron chi connectivity index (χ1n) is 9.96. The summed E-state index contributed by atoms with van der Waals surface area (Å²) in [5.41, 5.74) is 0.0221. The SMILES string of the molecule is CCCCC(CC)c1ccc(OCCOC)cc1Oc1ncc(C(F)(F)F)cc1Cl. The number of pyridine rings is 1. The van der Waals surface area contributed by atoms with Crippen molar-refractivity contribution in [1.82, 2.24) is 4.98 Å². The van der Waals surface area contributed by atoms with E-state index >= 15 is 0 Å². The van der Waals surface area contributed by atoms with Crippen LogP contribution in [0, 0.1) is 0 Å². The van der Waals surface area contributed by atoms with Crippen molar-refractivity contribution in [1.29, 1.82) is 0 Å². The topological polar surface area (TPSA) is 40.6 Å². The molecule has 1 atom stereocenters. The van der Waals surface area contributed by atoms with Crippen LogP contribution >= 0.6 is 11.6 Å². The Kier molecular flexibility index (Phi) is 9.24. The second kappa shape index (κ2) is 11.4. The summed E-state index contributed by atoms with van der Waals surface area (Å²) in [4.78, 5) is 3.80. The normalized spacial score (nSPS) is 12.6. The fraction of sp³-hybridized carbons (Fsp3) is 0.500. The first kappa shape index (κ1) is 24.3. The molecule has 0 aliphatic rings. The average molecular weight is 446 g/mol. The largest absolute Gasteiger partial charge is 0.491 e. The number of hydrogen-bond donors (Lipinski definition) is 0. The van der Waals surface area contributed by atoms with Gasteiger partial charge in [0, 0.05) is 19.4 Å². The summed E-state index contributed by atoms with van der Waals surface area (Å²) in [6.07, 6.45) is 0.188. The minimum Gasteiger partial charge on any atom is -0.491 e. The monoisotopic (exact) mass is 445 g/mol. The molecule has 1 heterocycles. The summed E-state index contributed by atoms with van der Waals surface area (Å²) >= 11 is 6.04. The quantitative estimate of drug-likeness (QED) is 0.341. The molecule has 0 radical (unpaired) electrons. The summed E-state index contributed by atoms with van der Waals surface area (Å²) in [5, 5.41) is -0.205. The van der Waals surface area contributed by atoms with Gasteiger partial charge in [-0.25, -0.2) is 4.98 Å². The number of rotatable bonds is 11. The van der Waals surface area contributed by atoms with Gasteiger partial charge in [-0.1, -0.05) is 44.4 Å². The van der Waals surface area contributed by atoms with E-state index in [1.807, 2.05) is 12.1 Å². The lowest BCUT2D eigenvalue weighted by molar-refractivity contribution is -0.137. The van der Waals surface area contributed by atoms with Crippen LogP contribution < -0.4 is 9.47 Å². The number of halogens is 4. The smallest absolute Gasteiger partial charge is 0.417 e. The van der Waals surface area contributed by atoms with Crippen LogP contribution in [0.5, 0.6) is 17.4 Å². The Labute approximate surface area is 180 Å². The zero-order chi connectivity index (χ0) is 22.1. The van der Waals surface area contributed by atoms with Gasteiger partial charge in [0.05, 0.1) is 12.2 Å². The molecule has 0 fully saturated rings. The Morgan fingerprint density at radius 1 is 1.13 bits per heavy atom. The lowest BCUT2D eigenvalue weighted by Gasteiger charge is -2.20. The summed E-state index contributed by atoms with van der Waals surface area (Å²) in [5.74, 6) is 1.20. The molecule has 4 nitrogen and oxygen atoms in total. The highest BCUT2D eigenvalue weighted by molar-refractivity contribution is 6.31. The standard InChI is InChI=1S/C22H27ClF3NO3/c1-4-6-7-15(5-2)18-9-8-17(29-11-10-28-3)13-20(18)30-21-19(23)12-16(14-27-21)22(24,25)26/h8-9,12-15H,4-7,10-11H2,1-3H3. The highest BCUT2D eigenvalue weighted by Gasteiger charge is 2.32. The number of ether oxygens (including phenoxy) is 3. The molecule has 8 heteroatoms. The predicted molar refractivity (Wildman–Crippen MR) is 111 cm³/mol. The molecule has 0 saturated heterocycles. The molecular formula is C22H27ClF3NO3. The maximum atomic E-state index is 12.9. The first-order valence-corrected chi connectivity index (χ1v) is 10.3. The summed E-state index contributed by atoms with van der Waals surface area (Å²) in [7, 11) is 1.58. The van der Waals surface area contributed by atoms with Crippen molar-refractivity contribution in [2.45, 2.75) is 51.6 Å². The van der Waals surface area contributed by atoms with Crippen LogP contribution in [0.4, 0.5) is 13.2 Å². The molecule has 0 N–H and O–H groups in total. The van der Waals surface area contributed by atoms with Gasteiger partial charge in [0.15, 0.2) is 0 Å². The van der Waals surface area contributed by atoms with Crippen LogP contribution in [0.3, 0.4) is 0 Å². The summed E-state index contributed by atoms with van der Waals surface area (Å²) in [6.45, 7) is 5.01. The van der Waals surface area contributed by atoms with Crippen molar-refractivity contribution in [3.63, 3.8) is 0 Å². The first-order chi connectivity index (χ1) is 14.3. The fourth-order valence-corrected chi connectivity index (χ4v) is 3.27. The molecule has 30 heavy (non-hydrogen) atoms. The van der Waals surface area contributed by atoms with Gasteiger partial charge in [0.1, 0.15) is 23.1 Å². The van der Waals surface area contributed by atoms with E-state index in [4.69, 9.17) is 25.8 Å². The van der Waals surface area contributed by atoms with Gasteiger partial charge in [-0.2, -0.15) is 13.2 Å². The van der Waals surface area contributed by atoms with Gasteiger partial charge in [-0.05, 0) is 36.5 Å². The molecule has 166 valence electrons. The number of aromatic nitrogens is 1. The van der Waals surface area contributed by atoms with Crippen molar-refractivity contribution in [2.75, 3.05) is 20.3 Å². The Hall–Kier alpha value is -1.99. The van der Waals surface area contributed by atoms with Crippen molar-refractivity contribution < 1.29 is 27.4 Å². The van der Waals surface area contributed by atoms with E-state index in [1.165, 1.54) is 0 Å². The highest BCUT2D eigenvalue weighted by Crippen LogP contribution is 2.40. The maximum Gasteiger partial charge on any atom is 0.417 e. The predicted octanol–water partition coefficient (Wildman–Crippen LogP) is 7.26. The van der Waals surface area contributed by atoms with Crippen molar-refractivity contribution in [3.8, 4) is 17.4 Å². The molecule has 2 aromatic rings. The number of alkyl halides is 3. The molecule has 0 amide bonds. The van der Waals surface area contributed by atoms with Crippen molar-refractivity contribution in [3.05, 3.63) is 46.6 Å². The third-order valence-corrected chi connectivity index (χ3v) is 4.99. The molecule has 1 aromatic carbocycles. The Bertz CT molecular complexity index is 815. The van der Waals surface area contributed by atoms with Gasteiger partial charge in [-0.3, -0.25) is 0 Å². The molecule has 2 rings (SSSR count). The van der Waals surface area contributed by atoms with E-state index in [-0.39, 0.29) is 16.8 Å². The number of nitrogens with zero attached hydrogens (tertiary/aromatic N) is 1. The van der Waals surface area contributed by atoms with Gasteiger partial charge >= 0.3 is 6.18 Å². The van der Waals surface area contributed by atoms with Gasteiger partial charge in [-0.15, -0.1) is 0 Å². The van der Waals surface area contributed by atoms with Gasteiger partial charge < -0.3 is 14.2 Å². The van der Waals surface area contributed by atoms with Crippen LogP contribution in [0.15, 0.2) is 30.5 Å². The van der Waals surface area contributed by atoms with E-state index < -0.39 is 11.7 Å². The Balaban J connectivity index is 2.37. The minimum atomic E-state index is -4.52. The van der Waals surface area contributed by atoms with Crippen LogP contribution in [-0.2, 0) is 10.9 Å². The number of methoxy groups -OCH3 is 1. The number of benzene rings is 1. The molecule has 0 aliphatic heterocycles. The van der Waals surface area contributed by atoms with E-state index in [1.54, 1.807) is 13.2 Å². The van der Waals surface area contributed by atoms with Crippen LogP contribution in [0.25, 0.3) is 0 Å². The van der Waals surface area contributed by atoms with E-state index in [2.05, 4.69) is 18.8 Å². The van der Waals surface area contributed by atoms with E-state index in [0.29, 0.717) is 30.9 Å². The maximum absolute atomic E-state index is 12.9. The molecule has 0 spiro atoms. The Morgan fingerprint density at radius 2 is 1.90 bits per heavy atom. The summed E-state index contributed by atoms with van der Waals surface area (Å²) in [6, 6.07) is 6.32. The second-order valence-corrected chi connectivity index (χ2v) is 7.31. The zero-order valence-corrected chi connectivity index (χ0v) is 18.1. The Morgan fingerprint density at radius 3 is 2.50 bits per heavy atom. The third kappa shape index (κ3) is 6.77. The van der Waals surface area contributed by atoms with Gasteiger partial charge in [0.25, 0.3) is 0 Å². The van der Waals surface area contributed by atoms with E-state index in [9.17, 15) is 13.2 Å². The minimum absolute atomic E-state index is 0.0784. The van der Waals surface area contributed by atoms with Crippen LogP contribution in [0.2, 0.25) is 5.02 Å². The number of unbranched alkanes of at least 4 members (excludes halogenated alkanes) is 1. The zero-order valence-electron chi connectivity index (χ0n) is 17.4. The molecule has 0 saturated carbocycles. The molecule has 0 aliphatic carbocycles. The molecule has 0 bridgehead atoms. The van der Waals surface area contributed by atoms with Crippen molar-refractivity contribution >= 4 is 11.6 Å². The lowest BCUT2D eigenvalue weighted by atomic mass is 9.90. The number of hydrogen-bond acceptors (Lipinski definition) is 4. The van der Waals surface area contributed by atoms with Crippen molar-refractivity contribution in [2.24, 2.45) is 0 Å². The summed E-state index contributed by atoms with van der Waals surface area (Å²) < 4.78 is 55.2. The fourth-order valence-electron chi connectivity index (χ4n) is 3.06. The average Bonchev–Trinajstić information content (AvgIpc) is 2.70. The van der Waals surface area contributed by atoms with Gasteiger partial charge in [0.2, 0.25) is 5.88 Å². The second-order valence-electron chi connectivity index (χ2n) is 6.90.